The first-order chi connectivity index (χ1) is 29.2. The largest absolute Gasteiger partial charge is 0.310 e. The molecule has 0 atom stereocenters. The third-order valence-electron chi connectivity index (χ3n) is 11.1. The van der Waals surface area contributed by atoms with Gasteiger partial charge in [0.25, 0.3) is 0 Å². The Bertz CT molecular complexity index is 2770. The van der Waals surface area contributed by atoms with E-state index in [1.165, 1.54) is 72.6 Å². The summed E-state index contributed by atoms with van der Waals surface area (Å²) < 4.78 is 0. The first-order valence-corrected chi connectivity index (χ1v) is 20.8. The highest BCUT2D eigenvalue weighted by atomic mass is 15.1. The van der Waals surface area contributed by atoms with Crippen LogP contribution in [0.2, 0.25) is 0 Å². The molecule has 8 rings (SSSR count). The van der Waals surface area contributed by atoms with Gasteiger partial charge in [0.1, 0.15) is 0 Å². The SMILES string of the molecule is Cc1ccc(/C=C/c2ccc(N(c3ccc(-c4ccc(N(c5ccc(/C=C/c6cccc(C)c6)cc5)c5ccc(C)cc5C)cc4)cc3)c3ccc(C)cc3C)cc2)cc1. The number of anilines is 6. The monoisotopic (exact) mass is 776 g/mol. The van der Waals surface area contributed by atoms with E-state index in [0.717, 1.165) is 28.3 Å². The molecule has 0 aliphatic rings. The Kier molecular flexibility index (Phi) is 11.7. The van der Waals surface area contributed by atoms with Gasteiger partial charge in [-0.05, 0) is 147 Å². The Morgan fingerprint density at radius 1 is 0.283 bits per heavy atom. The molecule has 8 aromatic carbocycles. The number of aryl methyl sites for hydroxylation is 6. The lowest BCUT2D eigenvalue weighted by molar-refractivity contribution is 1.23. The van der Waals surface area contributed by atoms with Crippen molar-refractivity contribution >= 4 is 58.4 Å². The predicted molar refractivity (Wildman–Crippen MR) is 260 cm³/mol. The first-order valence-electron chi connectivity index (χ1n) is 20.8. The van der Waals surface area contributed by atoms with Gasteiger partial charge in [0.15, 0.2) is 0 Å². The molecular weight excluding hydrogens is 725 g/mol. The number of nitrogens with zero attached hydrogens (tertiary/aromatic N) is 2. The summed E-state index contributed by atoms with van der Waals surface area (Å²) in [5, 5.41) is 0. The molecule has 0 saturated heterocycles. The topological polar surface area (TPSA) is 6.48 Å². The highest BCUT2D eigenvalue weighted by Crippen LogP contribution is 2.40. The van der Waals surface area contributed by atoms with Crippen LogP contribution in [0.1, 0.15) is 55.6 Å². The molecule has 294 valence electrons. The first kappa shape index (κ1) is 39.7. The van der Waals surface area contributed by atoms with Crippen LogP contribution in [0.5, 0.6) is 0 Å². The minimum atomic E-state index is 1.11. The molecule has 0 radical (unpaired) electrons. The quantitative estimate of drug-likeness (QED) is 0.121. The van der Waals surface area contributed by atoms with Crippen LogP contribution in [-0.2, 0) is 0 Å². The summed E-state index contributed by atoms with van der Waals surface area (Å²) >= 11 is 0. The van der Waals surface area contributed by atoms with Gasteiger partial charge in [-0.1, -0.05) is 168 Å². The van der Waals surface area contributed by atoms with Crippen LogP contribution in [-0.4, -0.2) is 0 Å². The number of benzene rings is 8. The van der Waals surface area contributed by atoms with Crippen molar-refractivity contribution < 1.29 is 0 Å². The van der Waals surface area contributed by atoms with E-state index in [4.69, 9.17) is 0 Å². The van der Waals surface area contributed by atoms with Crippen LogP contribution in [0.15, 0.2) is 182 Å². The zero-order valence-electron chi connectivity index (χ0n) is 35.5. The standard InChI is InChI=1S/C58H52N2/c1-41-10-14-47(15-11-41)16-17-48-20-28-53(29-21-48)59(57-36-12-43(3)38-45(57)5)55-32-24-51(25-33-55)52-26-34-56(35-27-52)60(58-37-13-44(4)39-46(58)6)54-30-22-49(23-31-54)18-19-50-9-7-8-42(2)40-50/h7-40H,1-6H3/b17-16+,19-18+. The van der Waals surface area contributed by atoms with Crippen molar-refractivity contribution in [3.63, 3.8) is 0 Å². The predicted octanol–water partition coefficient (Wildman–Crippen LogP) is 16.5. The summed E-state index contributed by atoms with van der Waals surface area (Å²) in [4.78, 5) is 4.72. The summed E-state index contributed by atoms with van der Waals surface area (Å²) in [6, 6.07) is 66.2. The Morgan fingerprint density at radius 3 is 1.00 bits per heavy atom. The summed E-state index contributed by atoms with van der Waals surface area (Å²) in [5.74, 6) is 0. The van der Waals surface area contributed by atoms with E-state index in [0.29, 0.717) is 0 Å². The van der Waals surface area contributed by atoms with Gasteiger partial charge in [0.05, 0.1) is 0 Å². The van der Waals surface area contributed by atoms with Crippen molar-refractivity contribution in [3.8, 4) is 11.1 Å². The fraction of sp³-hybridized carbons (Fsp3) is 0.103. The second-order valence-electron chi connectivity index (χ2n) is 16.0. The molecule has 0 bridgehead atoms. The molecule has 0 unspecified atom stereocenters. The zero-order chi connectivity index (χ0) is 41.6. The normalized spacial score (nSPS) is 11.4. The Labute approximate surface area is 357 Å². The van der Waals surface area contributed by atoms with Gasteiger partial charge >= 0.3 is 0 Å². The molecule has 8 aromatic rings. The van der Waals surface area contributed by atoms with E-state index in [1.807, 2.05) is 0 Å². The molecule has 0 heterocycles. The van der Waals surface area contributed by atoms with Gasteiger partial charge < -0.3 is 9.80 Å². The lowest BCUT2D eigenvalue weighted by Crippen LogP contribution is -2.11. The third-order valence-corrected chi connectivity index (χ3v) is 11.1. The van der Waals surface area contributed by atoms with Crippen molar-refractivity contribution in [1.29, 1.82) is 0 Å². The van der Waals surface area contributed by atoms with Crippen molar-refractivity contribution in [3.05, 3.63) is 238 Å². The van der Waals surface area contributed by atoms with Crippen molar-refractivity contribution in [1.82, 2.24) is 0 Å². The lowest BCUT2D eigenvalue weighted by atomic mass is 10.0. The summed E-state index contributed by atoms with van der Waals surface area (Å²) in [7, 11) is 0. The van der Waals surface area contributed by atoms with E-state index in [9.17, 15) is 0 Å². The zero-order valence-corrected chi connectivity index (χ0v) is 35.5. The lowest BCUT2D eigenvalue weighted by Gasteiger charge is -2.28. The van der Waals surface area contributed by atoms with Crippen molar-refractivity contribution in [2.45, 2.75) is 41.5 Å². The van der Waals surface area contributed by atoms with Gasteiger partial charge in [-0.15, -0.1) is 0 Å². The second kappa shape index (κ2) is 17.8. The second-order valence-corrected chi connectivity index (χ2v) is 16.0. The minimum absolute atomic E-state index is 1.11. The molecule has 0 fully saturated rings. The van der Waals surface area contributed by atoms with E-state index < -0.39 is 0 Å². The van der Waals surface area contributed by atoms with Crippen molar-refractivity contribution in [2.75, 3.05) is 9.80 Å². The molecule has 0 aromatic heterocycles. The molecule has 0 aliphatic heterocycles. The van der Waals surface area contributed by atoms with Crippen LogP contribution in [0.4, 0.5) is 34.1 Å². The maximum absolute atomic E-state index is 2.36. The smallest absolute Gasteiger partial charge is 0.0490 e. The molecule has 2 nitrogen and oxygen atoms in total. The third kappa shape index (κ3) is 9.25. The summed E-state index contributed by atoms with van der Waals surface area (Å²) in [6.07, 6.45) is 8.72. The van der Waals surface area contributed by atoms with E-state index in [2.05, 4.69) is 258 Å². The van der Waals surface area contributed by atoms with Crippen LogP contribution >= 0.6 is 0 Å². The highest BCUT2D eigenvalue weighted by Gasteiger charge is 2.17. The maximum atomic E-state index is 2.36. The Balaban J connectivity index is 1.07. The summed E-state index contributed by atoms with van der Waals surface area (Å²) in [6.45, 7) is 12.9. The van der Waals surface area contributed by atoms with Gasteiger partial charge in [-0.25, -0.2) is 0 Å². The Hall–Kier alpha value is -7.16. The van der Waals surface area contributed by atoms with Crippen molar-refractivity contribution in [2.24, 2.45) is 0 Å². The van der Waals surface area contributed by atoms with Gasteiger partial charge in [0, 0.05) is 34.1 Å². The molecule has 0 spiro atoms. The molecular formula is C58H52N2. The molecule has 0 amide bonds. The van der Waals surface area contributed by atoms with Crippen LogP contribution < -0.4 is 9.80 Å². The molecule has 0 N–H and O–H groups in total. The van der Waals surface area contributed by atoms with E-state index in [1.54, 1.807) is 0 Å². The maximum Gasteiger partial charge on any atom is 0.0490 e. The number of hydrogen-bond donors (Lipinski definition) is 0. The molecule has 0 saturated carbocycles. The summed E-state index contributed by atoms with van der Waals surface area (Å²) in [5.41, 5.74) is 21.4. The van der Waals surface area contributed by atoms with Crippen LogP contribution in [0, 0.1) is 41.5 Å². The fourth-order valence-electron chi connectivity index (χ4n) is 7.88. The molecule has 2 heteroatoms. The van der Waals surface area contributed by atoms with Crippen LogP contribution in [0.25, 0.3) is 35.4 Å². The molecule has 0 aliphatic carbocycles. The fourth-order valence-corrected chi connectivity index (χ4v) is 7.88. The van der Waals surface area contributed by atoms with Gasteiger partial charge in [-0.2, -0.15) is 0 Å². The average molecular weight is 777 g/mol. The average Bonchev–Trinajstić information content (AvgIpc) is 3.26. The highest BCUT2D eigenvalue weighted by molar-refractivity contribution is 5.83. The number of rotatable bonds is 11. The van der Waals surface area contributed by atoms with Gasteiger partial charge in [-0.3, -0.25) is 0 Å². The minimum Gasteiger partial charge on any atom is -0.310 e. The van der Waals surface area contributed by atoms with Gasteiger partial charge in [0.2, 0.25) is 0 Å². The van der Waals surface area contributed by atoms with E-state index >= 15 is 0 Å². The van der Waals surface area contributed by atoms with E-state index in [-0.39, 0.29) is 0 Å². The Morgan fingerprint density at radius 2 is 0.617 bits per heavy atom. The van der Waals surface area contributed by atoms with Crippen LogP contribution in [0.3, 0.4) is 0 Å². The molecule has 60 heavy (non-hydrogen) atoms. The number of hydrogen-bond acceptors (Lipinski definition) is 2.